The van der Waals surface area contributed by atoms with Gasteiger partial charge in [0, 0.05) is 7.05 Å². The zero-order chi connectivity index (χ0) is 9.56. The van der Waals surface area contributed by atoms with E-state index in [4.69, 9.17) is 5.11 Å². The summed E-state index contributed by atoms with van der Waals surface area (Å²) < 4.78 is 0. The van der Waals surface area contributed by atoms with Gasteiger partial charge in [0.15, 0.2) is 0 Å². The quantitative estimate of drug-likeness (QED) is 0.509. The van der Waals surface area contributed by atoms with E-state index < -0.39 is 12.0 Å². The van der Waals surface area contributed by atoms with Crippen LogP contribution in [0.2, 0.25) is 0 Å². The van der Waals surface area contributed by atoms with Gasteiger partial charge in [0.25, 0.3) is 0 Å². The Morgan fingerprint density at radius 2 is 2.08 bits per heavy atom. The summed E-state index contributed by atoms with van der Waals surface area (Å²) in [5, 5.41) is 13.7. The molecule has 0 aliphatic heterocycles. The van der Waals surface area contributed by atoms with Crippen molar-refractivity contribution in [2.75, 3.05) is 13.6 Å². The predicted molar refractivity (Wildman–Crippen MR) is 43.8 cm³/mol. The number of hydrogen-bond acceptors (Lipinski definition) is 3. The largest absolute Gasteiger partial charge is 0.480 e. The van der Waals surface area contributed by atoms with Crippen LogP contribution in [-0.2, 0) is 9.59 Å². The first-order chi connectivity index (χ1) is 5.61. The highest BCUT2D eigenvalue weighted by Crippen LogP contribution is 1.91. The minimum atomic E-state index is -1.000. The second-order valence-electron chi connectivity index (χ2n) is 2.33. The van der Waals surface area contributed by atoms with Crippen molar-refractivity contribution in [2.45, 2.75) is 19.4 Å². The van der Waals surface area contributed by atoms with Gasteiger partial charge in [-0.25, -0.2) is 0 Å². The Kier molecular flexibility index (Phi) is 5.03. The molecule has 0 fully saturated rings. The summed E-state index contributed by atoms with van der Waals surface area (Å²) in [4.78, 5) is 21.3. The molecule has 0 aliphatic rings. The third kappa shape index (κ3) is 3.92. The average Bonchev–Trinajstić information content (AvgIpc) is 2.03. The maximum Gasteiger partial charge on any atom is 0.321 e. The molecule has 70 valence electrons. The molecule has 0 aliphatic carbocycles. The maximum absolute atomic E-state index is 10.8. The third-order valence-corrected chi connectivity index (χ3v) is 1.42. The summed E-state index contributed by atoms with van der Waals surface area (Å²) in [5.74, 6) is -1.27. The molecule has 12 heavy (non-hydrogen) atoms. The highest BCUT2D eigenvalue weighted by atomic mass is 16.4. The average molecular weight is 174 g/mol. The molecule has 0 bridgehead atoms. The predicted octanol–water partition coefficient (Wildman–Crippen LogP) is -0.815. The Morgan fingerprint density at radius 1 is 1.50 bits per heavy atom. The SMILES string of the molecule is CCNC(CC(=O)NC)C(=O)O. The summed E-state index contributed by atoms with van der Waals surface area (Å²) in [6.07, 6.45) is -0.0281. The second-order valence-corrected chi connectivity index (χ2v) is 2.33. The van der Waals surface area contributed by atoms with Crippen molar-refractivity contribution in [3.05, 3.63) is 0 Å². The van der Waals surface area contributed by atoms with E-state index in [9.17, 15) is 9.59 Å². The normalized spacial score (nSPS) is 12.2. The molecule has 0 aromatic heterocycles. The summed E-state index contributed by atoms with van der Waals surface area (Å²) in [6, 6.07) is -0.782. The van der Waals surface area contributed by atoms with Gasteiger partial charge in [0.1, 0.15) is 6.04 Å². The van der Waals surface area contributed by atoms with Crippen LogP contribution in [0.3, 0.4) is 0 Å². The molecule has 0 rings (SSSR count). The van der Waals surface area contributed by atoms with Gasteiger partial charge >= 0.3 is 5.97 Å². The van der Waals surface area contributed by atoms with E-state index in [0.717, 1.165) is 0 Å². The minimum absolute atomic E-state index is 0.0281. The van der Waals surface area contributed by atoms with Gasteiger partial charge in [-0.3, -0.25) is 9.59 Å². The van der Waals surface area contributed by atoms with E-state index >= 15 is 0 Å². The van der Waals surface area contributed by atoms with E-state index in [2.05, 4.69) is 10.6 Å². The molecule has 3 N–H and O–H groups in total. The molecule has 1 amide bonds. The first-order valence-corrected chi connectivity index (χ1v) is 3.78. The Balaban J connectivity index is 3.95. The Hall–Kier alpha value is -1.10. The Labute approximate surface area is 71.1 Å². The smallest absolute Gasteiger partial charge is 0.321 e. The molecule has 0 radical (unpaired) electrons. The molecule has 0 aromatic carbocycles. The van der Waals surface area contributed by atoms with Crippen LogP contribution in [0.1, 0.15) is 13.3 Å². The molecule has 0 aromatic rings. The maximum atomic E-state index is 10.8. The zero-order valence-electron chi connectivity index (χ0n) is 7.26. The van der Waals surface area contributed by atoms with Crippen LogP contribution < -0.4 is 10.6 Å². The van der Waals surface area contributed by atoms with Crippen LogP contribution in [0.4, 0.5) is 0 Å². The summed E-state index contributed by atoms with van der Waals surface area (Å²) in [6.45, 7) is 2.33. The molecule has 0 heterocycles. The lowest BCUT2D eigenvalue weighted by atomic mass is 10.2. The number of aliphatic carboxylic acids is 1. The van der Waals surface area contributed by atoms with Gasteiger partial charge < -0.3 is 15.7 Å². The minimum Gasteiger partial charge on any atom is -0.480 e. The van der Waals surface area contributed by atoms with E-state index in [1.54, 1.807) is 6.92 Å². The highest BCUT2D eigenvalue weighted by Gasteiger charge is 2.18. The zero-order valence-corrected chi connectivity index (χ0v) is 7.26. The summed E-state index contributed by atoms with van der Waals surface area (Å²) in [7, 11) is 1.48. The van der Waals surface area contributed by atoms with E-state index in [-0.39, 0.29) is 12.3 Å². The highest BCUT2D eigenvalue weighted by molar-refractivity contribution is 5.84. The lowest BCUT2D eigenvalue weighted by Gasteiger charge is -2.11. The summed E-state index contributed by atoms with van der Waals surface area (Å²) in [5.41, 5.74) is 0. The van der Waals surface area contributed by atoms with Crippen LogP contribution >= 0.6 is 0 Å². The number of carboxylic acid groups (broad SMARTS) is 1. The van der Waals surface area contributed by atoms with Gasteiger partial charge in [0.2, 0.25) is 5.91 Å². The fourth-order valence-electron chi connectivity index (χ4n) is 0.781. The lowest BCUT2D eigenvalue weighted by molar-refractivity contribution is -0.141. The van der Waals surface area contributed by atoms with Crippen molar-refractivity contribution in [3.63, 3.8) is 0 Å². The fraction of sp³-hybridized carbons (Fsp3) is 0.714. The lowest BCUT2D eigenvalue weighted by Crippen LogP contribution is -2.40. The number of carbonyl (C=O) groups is 2. The number of nitrogens with one attached hydrogen (secondary N) is 2. The molecule has 0 spiro atoms. The van der Waals surface area contributed by atoms with Gasteiger partial charge in [-0.1, -0.05) is 6.92 Å². The van der Waals surface area contributed by atoms with E-state index in [1.807, 2.05) is 0 Å². The van der Waals surface area contributed by atoms with Crippen molar-refractivity contribution in [3.8, 4) is 0 Å². The molecule has 0 saturated heterocycles. The first kappa shape index (κ1) is 10.9. The standard InChI is InChI=1S/C7H14N2O3/c1-3-9-5(7(11)12)4-6(10)8-2/h5,9H,3-4H2,1-2H3,(H,8,10)(H,11,12). The topological polar surface area (TPSA) is 78.4 Å². The van der Waals surface area contributed by atoms with Gasteiger partial charge in [0.05, 0.1) is 6.42 Å². The van der Waals surface area contributed by atoms with Crippen LogP contribution in [0.15, 0.2) is 0 Å². The van der Waals surface area contributed by atoms with Gasteiger partial charge in [-0.15, -0.1) is 0 Å². The number of amides is 1. The Bertz CT molecular complexity index is 168. The second kappa shape index (κ2) is 5.54. The number of carbonyl (C=O) groups excluding carboxylic acids is 1. The molecular weight excluding hydrogens is 160 g/mol. The number of likely N-dealkylation sites (N-methyl/N-ethyl adjacent to an activating group) is 1. The molecule has 5 heteroatoms. The third-order valence-electron chi connectivity index (χ3n) is 1.42. The first-order valence-electron chi connectivity index (χ1n) is 3.78. The number of carboxylic acids is 1. The van der Waals surface area contributed by atoms with Crippen LogP contribution in [0, 0.1) is 0 Å². The molecule has 1 unspecified atom stereocenters. The van der Waals surface area contributed by atoms with Crippen molar-refractivity contribution >= 4 is 11.9 Å². The molecule has 1 atom stereocenters. The van der Waals surface area contributed by atoms with Crippen LogP contribution in [-0.4, -0.2) is 36.6 Å². The van der Waals surface area contributed by atoms with Crippen molar-refractivity contribution in [1.29, 1.82) is 0 Å². The van der Waals surface area contributed by atoms with Gasteiger partial charge in [-0.2, -0.15) is 0 Å². The molecule has 0 saturated carbocycles. The summed E-state index contributed by atoms with van der Waals surface area (Å²) >= 11 is 0. The van der Waals surface area contributed by atoms with Crippen molar-refractivity contribution in [1.82, 2.24) is 10.6 Å². The van der Waals surface area contributed by atoms with Crippen molar-refractivity contribution in [2.24, 2.45) is 0 Å². The molecular formula is C7H14N2O3. The van der Waals surface area contributed by atoms with Gasteiger partial charge in [-0.05, 0) is 6.54 Å². The Morgan fingerprint density at radius 3 is 2.42 bits per heavy atom. The van der Waals surface area contributed by atoms with Crippen molar-refractivity contribution < 1.29 is 14.7 Å². The number of hydrogen-bond donors (Lipinski definition) is 3. The number of rotatable bonds is 5. The monoisotopic (exact) mass is 174 g/mol. The van der Waals surface area contributed by atoms with E-state index in [0.29, 0.717) is 6.54 Å². The van der Waals surface area contributed by atoms with E-state index in [1.165, 1.54) is 7.05 Å². The molecule has 5 nitrogen and oxygen atoms in total. The van der Waals surface area contributed by atoms with Crippen LogP contribution in [0.25, 0.3) is 0 Å². The van der Waals surface area contributed by atoms with Crippen LogP contribution in [0.5, 0.6) is 0 Å². The fourth-order valence-corrected chi connectivity index (χ4v) is 0.781.